The molecule has 1 atom stereocenters. The first-order valence-electron chi connectivity index (χ1n) is 11.7. The average Bonchev–Trinajstić information content (AvgIpc) is 3.32. The lowest BCUT2D eigenvalue weighted by atomic mass is 9.96. The molecule has 1 aromatic heterocycles. The predicted molar refractivity (Wildman–Crippen MR) is 133 cm³/mol. The summed E-state index contributed by atoms with van der Waals surface area (Å²) in [6, 6.07) is 19.9. The number of rotatable bonds is 7. The van der Waals surface area contributed by atoms with Crippen LogP contribution >= 0.6 is 0 Å². The molecule has 1 aliphatic rings. The molecule has 0 unspecified atom stereocenters. The normalized spacial score (nSPS) is 14.1. The van der Waals surface area contributed by atoms with Gasteiger partial charge in [0.05, 0.1) is 11.1 Å². The smallest absolute Gasteiger partial charge is 0.153 e. The van der Waals surface area contributed by atoms with Crippen LogP contribution in [0.2, 0.25) is 0 Å². The summed E-state index contributed by atoms with van der Waals surface area (Å²) in [5, 5.41) is 9.09. The van der Waals surface area contributed by atoms with E-state index in [1.165, 1.54) is 12.3 Å². The summed E-state index contributed by atoms with van der Waals surface area (Å²) in [5.41, 5.74) is 6.00. The van der Waals surface area contributed by atoms with Crippen molar-refractivity contribution in [1.82, 2.24) is 4.98 Å². The molecule has 0 bridgehead atoms. The Labute approximate surface area is 208 Å². The van der Waals surface area contributed by atoms with E-state index in [2.05, 4.69) is 11.1 Å². The zero-order valence-electron chi connectivity index (χ0n) is 19.7. The van der Waals surface area contributed by atoms with E-state index in [4.69, 9.17) is 14.7 Å². The van der Waals surface area contributed by atoms with E-state index < -0.39 is 0 Å². The Morgan fingerprint density at radius 2 is 1.92 bits per heavy atom. The molecule has 5 rings (SSSR count). The highest BCUT2D eigenvalue weighted by atomic mass is 19.1. The summed E-state index contributed by atoms with van der Waals surface area (Å²) in [6.07, 6.45) is 5.20. The van der Waals surface area contributed by atoms with Gasteiger partial charge >= 0.3 is 0 Å². The van der Waals surface area contributed by atoms with E-state index in [0.717, 1.165) is 46.9 Å². The highest BCUT2D eigenvalue weighted by Crippen LogP contribution is 2.42. The molecule has 0 N–H and O–H groups in total. The zero-order chi connectivity index (χ0) is 25.1. The van der Waals surface area contributed by atoms with Crippen molar-refractivity contribution in [3.8, 4) is 28.7 Å². The maximum atomic E-state index is 14.5. The fourth-order valence-corrected chi connectivity index (χ4v) is 4.65. The van der Waals surface area contributed by atoms with Crippen LogP contribution in [-0.4, -0.2) is 11.3 Å². The van der Waals surface area contributed by atoms with Crippen molar-refractivity contribution in [2.24, 2.45) is 0 Å². The molecule has 4 aromatic rings. The molecule has 6 heteroatoms. The van der Waals surface area contributed by atoms with Crippen LogP contribution in [0.5, 0.6) is 11.5 Å². The molecule has 0 saturated heterocycles. The van der Waals surface area contributed by atoms with Gasteiger partial charge in [0, 0.05) is 29.6 Å². The summed E-state index contributed by atoms with van der Waals surface area (Å²) in [6.45, 7) is 2.04. The molecule has 0 fully saturated rings. The quantitative estimate of drug-likeness (QED) is 0.283. The number of aryl methyl sites for hydroxylation is 1. The number of carbonyl (C=O) groups is 1. The Hall–Kier alpha value is -4.50. The first-order chi connectivity index (χ1) is 17.6. The number of nitriles is 1. The van der Waals surface area contributed by atoms with Gasteiger partial charge in [-0.1, -0.05) is 36.4 Å². The van der Waals surface area contributed by atoms with Gasteiger partial charge in [-0.05, 0) is 60.2 Å². The van der Waals surface area contributed by atoms with Crippen LogP contribution in [0, 0.1) is 24.1 Å². The molecule has 0 aliphatic heterocycles. The average molecular weight is 479 g/mol. The van der Waals surface area contributed by atoms with Crippen LogP contribution in [0.1, 0.15) is 50.7 Å². The minimum atomic E-state index is -0.243. The van der Waals surface area contributed by atoms with Gasteiger partial charge in [-0.3, -0.25) is 9.78 Å². The summed E-state index contributed by atoms with van der Waals surface area (Å²) in [5.74, 6) is 0.771. The monoisotopic (exact) mass is 478 g/mol. The van der Waals surface area contributed by atoms with Crippen LogP contribution in [0.3, 0.4) is 0 Å². The highest BCUT2D eigenvalue weighted by molar-refractivity contribution is 5.80. The predicted octanol–water partition coefficient (Wildman–Crippen LogP) is 6.53. The van der Waals surface area contributed by atoms with E-state index in [1.54, 1.807) is 36.5 Å². The van der Waals surface area contributed by atoms with Gasteiger partial charge in [0.25, 0.3) is 0 Å². The number of aldehydes is 1. The molecule has 0 amide bonds. The first-order valence-corrected chi connectivity index (χ1v) is 11.7. The van der Waals surface area contributed by atoms with Crippen molar-refractivity contribution >= 4 is 6.29 Å². The van der Waals surface area contributed by atoms with E-state index in [9.17, 15) is 9.18 Å². The summed E-state index contributed by atoms with van der Waals surface area (Å²) >= 11 is 0. The Bertz CT molecular complexity index is 1490. The molecule has 0 saturated carbocycles. The SMILES string of the molecule is Cc1cc(C=O)c(OCc2cncc(C#N)c2)cc1O[C@H]1CCc2c(-c3ccccc3F)cccc21. The molecular weight excluding hydrogens is 455 g/mol. The minimum Gasteiger partial charge on any atom is -0.488 e. The van der Waals surface area contributed by atoms with Crippen molar-refractivity contribution in [3.63, 3.8) is 0 Å². The molecule has 5 nitrogen and oxygen atoms in total. The molecule has 36 heavy (non-hydrogen) atoms. The summed E-state index contributed by atoms with van der Waals surface area (Å²) in [4.78, 5) is 15.7. The van der Waals surface area contributed by atoms with Gasteiger partial charge in [0.1, 0.15) is 36.1 Å². The Morgan fingerprint density at radius 3 is 2.72 bits per heavy atom. The standard InChI is InChI=1S/C30H23FN2O3/c1-19-11-22(17-34)30(35-18-21-12-20(14-32)15-33-16-21)13-29(19)36-28-10-9-24-23(6-4-7-26(24)28)25-5-2-3-8-27(25)31/h2-8,11-13,15-17,28H,9-10,18H2,1H3/t28-/m0/s1. The third-order valence-electron chi connectivity index (χ3n) is 6.40. The van der Waals surface area contributed by atoms with Crippen molar-refractivity contribution in [2.75, 3.05) is 0 Å². The van der Waals surface area contributed by atoms with E-state index in [-0.39, 0.29) is 18.5 Å². The van der Waals surface area contributed by atoms with Crippen molar-refractivity contribution in [2.45, 2.75) is 32.5 Å². The van der Waals surface area contributed by atoms with E-state index >= 15 is 0 Å². The number of halogens is 1. The summed E-state index contributed by atoms with van der Waals surface area (Å²) in [7, 11) is 0. The summed E-state index contributed by atoms with van der Waals surface area (Å²) < 4.78 is 26.9. The van der Waals surface area contributed by atoms with Gasteiger partial charge in [-0.2, -0.15) is 5.26 Å². The van der Waals surface area contributed by atoms with Crippen molar-refractivity contribution < 1.29 is 18.7 Å². The Kier molecular flexibility index (Phi) is 6.46. The van der Waals surface area contributed by atoms with Gasteiger partial charge in [0.2, 0.25) is 0 Å². The third-order valence-corrected chi connectivity index (χ3v) is 6.40. The fraction of sp³-hybridized carbons (Fsp3) is 0.167. The van der Waals surface area contributed by atoms with Crippen LogP contribution in [0.25, 0.3) is 11.1 Å². The van der Waals surface area contributed by atoms with Crippen LogP contribution in [0.15, 0.2) is 73.1 Å². The first kappa shape index (κ1) is 23.3. The van der Waals surface area contributed by atoms with Gasteiger partial charge < -0.3 is 9.47 Å². The lowest BCUT2D eigenvalue weighted by Crippen LogP contribution is -2.06. The number of hydrogen-bond acceptors (Lipinski definition) is 5. The number of ether oxygens (including phenoxy) is 2. The number of nitrogens with zero attached hydrogens (tertiary/aromatic N) is 2. The van der Waals surface area contributed by atoms with Crippen LogP contribution in [0.4, 0.5) is 4.39 Å². The Morgan fingerprint density at radius 1 is 1.08 bits per heavy atom. The maximum absolute atomic E-state index is 14.5. The van der Waals surface area contributed by atoms with E-state index in [0.29, 0.717) is 28.2 Å². The minimum absolute atomic E-state index is 0.157. The van der Waals surface area contributed by atoms with Gasteiger partial charge in [0.15, 0.2) is 6.29 Å². The van der Waals surface area contributed by atoms with Crippen molar-refractivity contribution in [3.05, 3.63) is 112 Å². The molecule has 3 aromatic carbocycles. The topological polar surface area (TPSA) is 72.2 Å². The van der Waals surface area contributed by atoms with Crippen LogP contribution in [-0.2, 0) is 13.0 Å². The van der Waals surface area contributed by atoms with E-state index in [1.807, 2.05) is 31.2 Å². The number of pyridine rings is 1. The zero-order valence-corrected chi connectivity index (χ0v) is 19.7. The number of hydrogen-bond donors (Lipinski definition) is 0. The van der Waals surface area contributed by atoms with Crippen LogP contribution < -0.4 is 9.47 Å². The molecule has 0 radical (unpaired) electrons. The lowest BCUT2D eigenvalue weighted by molar-refractivity contribution is 0.111. The largest absolute Gasteiger partial charge is 0.488 e. The molecule has 178 valence electrons. The molecule has 0 spiro atoms. The number of carbonyl (C=O) groups excluding carboxylic acids is 1. The van der Waals surface area contributed by atoms with Gasteiger partial charge in [-0.15, -0.1) is 0 Å². The lowest BCUT2D eigenvalue weighted by Gasteiger charge is -2.19. The second kappa shape index (κ2) is 10.0. The Balaban J connectivity index is 1.41. The number of aromatic nitrogens is 1. The fourth-order valence-electron chi connectivity index (χ4n) is 4.65. The second-order valence-electron chi connectivity index (χ2n) is 8.75. The maximum Gasteiger partial charge on any atom is 0.153 e. The van der Waals surface area contributed by atoms with Crippen molar-refractivity contribution in [1.29, 1.82) is 5.26 Å². The number of benzene rings is 3. The molecular formula is C30H23FN2O3. The third kappa shape index (κ3) is 4.56. The second-order valence-corrected chi connectivity index (χ2v) is 8.75. The number of fused-ring (bicyclic) bond motifs is 1. The highest BCUT2D eigenvalue weighted by Gasteiger charge is 2.28. The van der Waals surface area contributed by atoms with Gasteiger partial charge in [-0.25, -0.2) is 4.39 Å². The molecule has 1 aliphatic carbocycles. The molecule has 1 heterocycles.